The lowest BCUT2D eigenvalue weighted by atomic mass is 10.0. The van der Waals surface area contributed by atoms with Crippen LogP contribution in [-0.2, 0) is 14.3 Å². The number of carbonyl (C=O) groups excluding carboxylic acids is 2. The molecule has 6 nitrogen and oxygen atoms in total. The second-order valence-corrected chi connectivity index (χ2v) is 29.9. The van der Waals surface area contributed by atoms with Crippen LogP contribution in [0.1, 0.15) is 508 Å². The highest BCUT2D eigenvalue weighted by Crippen LogP contribution is 2.21. The summed E-state index contributed by atoms with van der Waals surface area (Å²) in [4.78, 5) is 24.7. The molecule has 0 saturated heterocycles. The highest BCUT2D eigenvalue weighted by molar-refractivity contribution is 5.76. The molecule has 0 heterocycles. The van der Waals surface area contributed by atoms with Crippen LogP contribution in [0.3, 0.4) is 0 Å². The van der Waals surface area contributed by atoms with Crippen molar-refractivity contribution in [3.05, 3.63) is 0 Å². The van der Waals surface area contributed by atoms with E-state index in [1.165, 1.54) is 437 Å². The van der Waals surface area contributed by atoms with Gasteiger partial charge in [-0.2, -0.15) is 0 Å². The molecule has 0 rings (SSSR count). The molecule has 0 fully saturated rings. The van der Waals surface area contributed by atoms with Crippen LogP contribution in [0.2, 0.25) is 0 Å². The van der Waals surface area contributed by atoms with E-state index < -0.39 is 12.1 Å². The van der Waals surface area contributed by atoms with Crippen LogP contribution in [0.25, 0.3) is 0 Å². The van der Waals surface area contributed by atoms with Gasteiger partial charge in [0.25, 0.3) is 0 Å². The average molecular weight is 1290 g/mol. The Balaban J connectivity index is 3.29. The van der Waals surface area contributed by atoms with E-state index in [0.29, 0.717) is 25.9 Å². The number of aliphatic hydroxyl groups is 2. The minimum absolute atomic E-state index is 0.0226. The molecule has 2 atom stereocenters. The van der Waals surface area contributed by atoms with Gasteiger partial charge in [0.1, 0.15) is 0 Å². The molecule has 3 N–H and O–H groups in total. The zero-order valence-electron chi connectivity index (χ0n) is 62.6. The number of rotatable bonds is 82. The van der Waals surface area contributed by atoms with Gasteiger partial charge in [-0.25, -0.2) is 0 Å². The molecule has 0 aromatic carbocycles. The fraction of sp³-hybridized carbons (Fsp3) is 0.976. The quantitative estimate of drug-likeness (QED) is 0.0417. The summed E-state index contributed by atoms with van der Waals surface area (Å²) in [5, 5.41) is 23.5. The van der Waals surface area contributed by atoms with Gasteiger partial charge in [0.15, 0.2) is 0 Å². The third kappa shape index (κ3) is 77.7. The van der Waals surface area contributed by atoms with E-state index >= 15 is 0 Å². The minimum Gasteiger partial charge on any atom is -0.466 e. The fourth-order valence-electron chi connectivity index (χ4n) is 14.2. The molecule has 0 aliphatic heterocycles. The molecule has 0 radical (unpaired) electrons. The van der Waals surface area contributed by atoms with Crippen molar-refractivity contribution in [2.45, 2.75) is 520 Å². The number of esters is 1. The summed E-state index contributed by atoms with van der Waals surface area (Å²) in [5.74, 6) is 0.00529. The first-order chi connectivity index (χ1) is 45.0. The van der Waals surface area contributed by atoms with Crippen LogP contribution in [0.5, 0.6) is 0 Å². The number of nitrogens with one attached hydrogen (secondary N) is 1. The van der Waals surface area contributed by atoms with Crippen LogP contribution >= 0.6 is 0 Å². The molecule has 0 saturated carbocycles. The summed E-state index contributed by atoms with van der Waals surface area (Å²) in [6.07, 6.45) is 102. The van der Waals surface area contributed by atoms with Crippen LogP contribution in [-0.4, -0.2) is 47.4 Å². The van der Waals surface area contributed by atoms with Crippen LogP contribution in [0, 0.1) is 0 Å². The van der Waals surface area contributed by atoms with Crippen molar-refractivity contribution in [3.63, 3.8) is 0 Å². The molecule has 2 unspecified atom stereocenters. The van der Waals surface area contributed by atoms with Gasteiger partial charge in [0, 0.05) is 12.8 Å². The highest BCUT2D eigenvalue weighted by Gasteiger charge is 2.20. The molecule has 544 valence electrons. The van der Waals surface area contributed by atoms with Crippen LogP contribution < -0.4 is 5.32 Å². The SMILES string of the molecule is CCCCCCCCCCCCCCCCCCCCCCCCC(O)C(CO)NC(=O)CCCCCCCCCCCCCCCCCCCCCCCCCCCCCCCCCCCCCCCOC(=O)CCCCCCCCCCCCCCCCC. The summed E-state index contributed by atoms with van der Waals surface area (Å²) < 4.78 is 5.51. The molecule has 6 heteroatoms. The van der Waals surface area contributed by atoms with Gasteiger partial charge in [-0.05, 0) is 25.7 Å². The highest BCUT2D eigenvalue weighted by atomic mass is 16.5. The number of ether oxygens (including phenoxy) is 1. The van der Waals surface area contributed by atoms with E-state index in [-0.39, 0.29) is 18.5 Å². The van der Waals surface area contributed by atoms with Gasteiger partial charge in [0.2, 0.25) is 5.91 Å². The van der Waals surface area contributed by atoms with Gasteiger partial charge >= 0.3 is 5.97 Å². The Labute approximate surface area is 572 Å². The molecule has 1 amide bonds. The summed E-state index contributed by atoms with van der Waals surface area (Å²) in [6, 6.07) is -0.537. The van der Waals surface area contributed by atoms with Crippen LogP contribution in [0.15, 0.2) is 0 Å². The van der Waals surface area contributed by atoms with Crippen molar-refractivity contribution in [3.8, 4) is 0 Å². The second kappa shape index (κ2) is 81.3. The van der Waals surface area contributed by atoms with Crippen molar-refractivity contribution < 1.29 is 24.5 Å². The van der Waals surface area contributed by atoms with E-state index in [9.17, 15) is 19.8 Å². The Bertz CT molecular complexity index is 1340. The maximum atomic E-state index is 12.6. The molecular weight excluding hydrogens is 1110 g/mol. The number of hydrogen-bond donors (Lipinski definition) is 3. The van der Waals surface area contributed by atoms with Crippen molar-refractivity contribution in [1.29, 1.82) is 0 Å². The Morgan fingerprint density at radius 2 is 0.451 bits per heavy atom. The first-order valence-electron chi connectivity index (χ1n) is 42.8. The Hall–Kier alpha value is -1.14. The number of carbonyl (C=O) groups is 2. The monoisotopic (exact) mass is 1280 g/mol. The van der Waals surface area contributed by atoms with Crippen LogP contribution in [0.4, 0.5) is 0 Å². The van der Waals surface area contributed by atoms with E-state index in [1.807, 2.05) is 0 Å². The molecule has 0 spiro atoms. The zero-order valence-corrected chi connectivity index (χ0v) is 62.6. The van der Waals surface area contributed by atoms with Gasteiger partial charge in [-0.1, -0.05) is 470 Å². The topological polar surface area (TPSA) is 95.9 Å². The minimum atomic E-state index is -0.661. The normalized spacial score (nSPS) is 12.4. The van der Waals surface area contributed by atoms with E-state index in [1.54, 1.807) is 0 Å². The Morgan fingerprint density at radius 3 is 0.670 bits per heavy atom. The molecule has 91 heavy (non-hydrogen) atoms. The first-order valence-corrected chi connectivity index (χ1v) is 42.8. The third-order valence-corrected chi connectivity index (χ3v) is 20.7. The summed E-state index contributed by atoms with van der Waals surface area (Å²) in [5.41, 5.74) is 0. The molecule has 0 aliphatic rings. The molecular formula is C85H169NO5. The maximum absolute atomic E-state index is 12.6. The summed E-state index contributed by atoms with van der Waals surface area (Å²) >= 11 is 0. The molecule has 0 aromatic rings. The van der Waals surface area contributed by atoms with Gasteiger partial charge in [-0.15, -0.1) is 0 Å². The third-order valence-electron chi connectivity index (χ3n) is 20.7. The van der Waals surface area contributed by atoms with Gasteiger partial charge in [-0.3, -0.25) is 9.59 Å². The molecule has 0 bridgehead atoms. The summed E-state index contributed by atoms with van der Waals surface area (Å²) in [6.45, 7) is 5.03. The largest absolute Gasteiger partial charge is 0.466 e. The van der Waals surface area contributed by atoms with Crippen molar-refractivity contribution in [1.82, 2.24) is 5.32 Å². The average Bonchev–Trinajstić information content (AvgIpc) is 3.67. The lowest BCUT2D eigenvalue weighted by Gasteiger charge is -2.22. The number of hydrogen-bond acceptors (Lipinski definition) is 5. The first kappa shape index (κ1) is 89.9. The predicted octanol–water partition coefficient (Wildman–Crippen LogP) is 28.4. The van der Waals surface area contributed by atoms with Gasteiger partial charge < -0.3 is 20.3 Å². The number of aliphatic hydroxyl groups excluding tert-OH is 2. The standard InChI is InChI=1S/C85H169NO5/c1-3-5-7-9-11-13-15-17-19-20-21-22-40-43-46-50-53-57-61-65-69-73-77-83(88)82(81-87)86-84(89)78-74-70-66-62-58-54-51-47-44-41-38-36-34-32-30-28-26-24-23-25-27-29-31-33-35-37-39-42-45-48-52-56-60-64-68-72-76-80-91-85(90)79-75-71-67-63-59-55-49-18-16-14-12-10-8-6-4-2/h82-83,87-88H,3-81H2,1-2H3,(H,86,89). The lowest BCUT2D eigenvalue weighted by molar-refractivity contribution is -0.143. The second-order valence-electron chi connectivity index (χ2n) is 29.9. The van der Waals surface area contributed by atoms with Crippen molar-refractivity contribution in [2.75, 3.05) is 13.2 Å². The molecule has 0 aliphatic carbocycles. The number of unbranched alkanes of at least 4 members (excludes halogenated alkanes) is 71. The van der Waals surface area contributed by atoms with E-state index in [2.05, 4.69) is 19.2 Å². The van der Waals surface area contributed by atoms with Crippen molar-refractivity contribution >= 4 is 11.9 Å². The maximum Gasteiger partial charge on any atom is 0.305 e. The van der Waals surface area contributed by atoms with Gasteiger partial charge in [0.05, 0.1) is 25.4 Å². The predicted molar refractivity (Wildman–Crippen MR) is 403 cm³/mol. The lowest BCUT2D eigenvalue weighted by Crippen LogP contribution is -2.45. The van der Waals surface area contributed by atoms with E-state index in [0.717, 1.165) is 38.5 Å². The Morgan fingerprint density at radius 1 is 0.264 bits per heavy atom. The number of amides is 1. The fourth-order valence-corrected chi connectivity index (χ4v) is 14.2. The smallest absolute Gasteiger partial charge is 0.305 e. The summed E-state index contributed by atoms with van der Waals surface area (Å²) in [7, 11) is 0. The zero-order chi connectivity index (χ0) is 65.6. The van der Waals surface area contributed by atoms with E-state index in [4.69, 9.17) is 4.74 Å². The van der Waals surface area contributed by atoms with Crippen molar-refractivity contribution in [2.24, 2.45) is 0 Å². The molecule has 0 aromatic heterocycles. The Kier molecular flexibility index (Phi) is 80.3.